The van der Waals surface area contributed by atoms with Crippen molar-refractivity contribution in [1.82, 2.24) is 24.9 Å². The summed E-state index contributed by atoms with van der Waals surface area (Å²) >= 11 is 1.77. The summed E-state index contributed by atoms with van der Waals surface area (Å²) in [4.78, 5) is 24.3. The molecule has 220 valence electrons. The van der Waals surface area contributed by atoms with Crippen molar-refractivity contribution in [1.29, 1.82) is 0 Å². The van der Waals surface area contributed by atoms with Crippen molar-refractivity contribution in [3.05, 3.63) is 152 Å². The Morgan fingerprint density at radius 2 is 0.979 bits per heavy atom. The van der Waals surface area contributed by atoms with Gasteiger partial charge in [-0.25, -0.2) is 15.0 Å². The molecule has 0 saturated carbocycles. The number of pyridine rings is 2. The van der Waals surface area contributed by atoms with Crippen LogP contribution < -0.4 is 0 Å². The third-order valence-electron chi connectivity index (χ3n) is 8.46. The van der Waals surface area contributed by atoms with E-state index in [1.807, 2.05) is 79.1 Å². The average molecular weight is 620 g/mol. The van der Waals surface area contributed by atoms with Gasteiger partial charge in [-0.05, 0) is 34.7 Å². The second kappa shape index (κ2) is 11.4. The maximum atomic E-state index is 4.91. The van der Waals surface area contributed by atoms with Crippen LogP contribution in [0.3, 0.4) is 0 Å². The highest BCUT2D eigenvalue weighted by atomic mass is 32.1. The molecule has 6 heteroatoms. The molecule has 0 amide bonds. The second-order valence-corrected chi connectivity index (χ2v) is 12.4. The Labute approximate surface area is 275 Å². The molecule has 0 saturated heterocycles. The SMILES string of the molecule is c1ccc(-c2nc(-c3ccccc3)nc(-c3ccc(-c4cccc5sc6c(-c7nccc8ccccc78)nccc6c45)cc3)n2)cc1. The number of hydrogen-bond donors (Lipinski definition) is 0. The molecule has 0 aliphatic rings. The number of aromatic nitrogens is 5. The van der Waals surface area contributed by atoms with Crippen LogP contribution in [0.1, 0.15) is 0 Å². The monoisotopic (exact) mass is 619 g/mol. The highest BCUT2D eigenvalue weighted by Gasteiger charge is 2.18. The molecule has 9 rings (SSSR count). The maximum absolute atomic E-state index is 4.91. The van der Waals surface area contributed by atoms with Gasteiger partial charge in [0.1, 0.15) is 5.69 Å². The summed E-state index contributed by atoms with van der Waals surface area (Å²) in [7, 11) is 0. The summed E-state index contributed by atoms with van der Waals surface area (Å²) in [6.07, 6.45) is 3.78. The molecule has 0 N–H and O–H groups in total. The Morgan fingerprint density at radius 3 is 1.68 bits per heavy atom. The fraction of sp³-hybridized carbons (Fsp3) is 0. The van der Waals surface area contributed by atoms with Gasteiger partial charge in [-0.15, -0.1) is 11.3 Å². The van der Waals surface area contributed by atoms with Crippen LogP contribution in [0.25, 0.3) is 87.6 Å². The summed E-state index contributed by atoms with van der Waals surface area (Å²) in [6, 6.07) is 47.7. The molecule has 4 heterocycles. The molecule has 0 unspecified atom stereocenters. The van der Waals surface area contributed by atoms with E-state index in [1.54, 1.807) is 11.3 Å². The van der Waals surface area contributed by atoms with Crippen LogP contribution in [0.4, 0.5) is 0 Å². The van der Waals surface area contributed by atoms with Crippen molar-refractivity contribution in [3.8, 4) is 56.7 Å². The standard InChI is InChI=1S/C41H25N5S/c1-3-11-28(12-4-1)39-44-40(29-13-5-2-6-14-29)46-41(45-39)30-20-18-27(19-21-30)31-16-9-17-34-35(31)33-23-25-43-37(38(33)47-34)36-32-15-8-7-10-26(32)22-24-42-36/h1-25H. The first kappa shape index (κ1) is 27.2. The van der Waals surface area contributed by atoms with Gasteiger partial charge in [0.25, 0.3) is 0 Å². The molecule has 0 atom stereocenters. The molecule has 0 aliphatic carbocycles. The van der Waals surface area contributed by atoms with E-state index in [1.165, 1.54) is 21.0 Å². The molecule has 0 radical (unpaired) electrons. The molecule has 9 aromatic rings. The lowest BCUT2D eigenvalue weighted by Crippen LogP contribution is -2.00. The van der Waals surface area contributed by atoms with Gasteiger partial charge in [-0.1, -0.05) is 121 Å². The van der Waals surface area contributed by atoms with Crippen LogP contribution in [-0.4, -0.2) is 24.9 Å². The van der Waals surface area contributed by atoms with Crippen molar-refractivity contribution in [2.75, 3.05) is 0 Å². The van der Waals surface area contributed by atoms with Crippen LogP contribution in [0.2, 0.25) is 0 Å². The Balaban J connectivity index is 1.16. The number of rotatable bonds is 5. The Bertz CT molecular complexity index is 2500. The molecular weight excluding hydrogens is 595 g/mol. The van der Waals surface area contributed by atoms with Crippen LogP contribution in [0.15, 0.2) is 152 Å². The Kier molecular flexibility index (Phi) is 6.58. The quantitative estimate of drug-likeness (QED) is 0.192. The van der Waals surface area contributed by atoms with Gasteiger partial charge in [0, 0.05) is 49.9 Å². The largest absolute Gasteiger partial charge is 0.254 e. The van der Waals surface area contributed by atoms with E-state index in [9.17, 15) is 0 Å². The van der Waals surface area contributed by atoms with E-state index in [4.69, 9.17) is 24.9 Å². The summed E-state index contributed by atoms with van der Waals surface area (Å²) < 4.78 is 2.36. The van der Waals surface area contributed by atoms with Gasteiger partial charge in [0.15, 0.2) is 17.5 Å². The van der Waals surface area contributed by atoms with Gasteiger partial charge >= 0.3 is 0 Å². The number of benzene rings is 5. The predicted molar refractivity (Wildman–Crippen MR) is 193 cm³/mol. The van der Waals surface area contributed by atoms with Crippen LogP contribution in [0, 0.1) is 0 Å². The molecule has 5 nitrogen and oxygen atoms in total. The van der Waals surface area contributed by atoms with E-state index in [-0.39, 0.29) is 0 Å². The summed E-state index contributed by atoms with van der Waals surface area (Å²) in [5.74, 6) is 1.94. The lowest BCUT2D eigenvalue weighted by molar-refractivity contribution is 1.07. The lowest BCUT2D eigenvalue weighted by Gasteiger charge is -2.10. The first-order chi connectivity index (χ1) is 23.3. The highest BCUT2D eigenvalue weighted by molar-refractivity contribution is 7.26. The maximum Gasteiger partial charge on any atom is 0.164 e. The molecule has 0 bridgehead atoms. The predicted octanol–water partition coefficient (Wildman–Crippen LogP) is 10.5. The van der Waals surface area contributed by atoms with Crippen molar-refractivity contribution >= 4 is 42.3 Å². The molecular formula is C41H25N5S. The first-order valence-electron chi connectivity index (χ1n) is 15.4. The zero-order valence-corrected chi connectivity index (χ0v) is 25.9. The van der Waals surface area contributed by atoms with Gasteiger partial charge in [-0.2, -0.15) is 0 Å². The van der Waals surface area contributed by atoms with Gasteiger partial charge in [0.05, 0.1) is 10.4 Å². The van der Waals surface area contributed by atoms with E-state index >= 15 is 0 Å². The fourth-order valence-corrected chi connectivity index (χ4v) is 7.42. The van der Waals surface area contributed by atoms with Crippen molar-refractivity contribution < 1.29 is 0 Å². The van der Waals surface area contributed by atoms with Gasteiger partial charge < -0.3 is 0 Å². The number of nitrogens with zero attached hydrogens (tertiary/aromatic N) is 5. The van der Waals surface area contributed by atoms with Crippen molar-refractivity contribution in [2.24, 2.45) is 0 Å². The summed E-state index contributed by atoms with van der Waals surface area (Å²) in [6.45, 7) is 0. The first-order valence-corrected chi connectivity index (χ1v) is 16.2. The zero-order valence-electron chi connectivity index (χ0n) is 25.1. The second-order valence-electron chi connectivity index (χ2n) is 11.3. The minimum atomic E-state index is 0.641. The van der Waals surface area contributed by atoms with Crippen LogP contribution in [0.5, 0.6) is 0 Å². The van der Waals surface area contributed by atoms with E-state index < -0.39 is 0 Å². The van der Waals surface area contributed by atoms with Crippen molar-refractivity contribution in [3.63, 3.8) is 0 Å². The van der Waals surface area contributed by atoms with Gasteiger partial charge in [0.2, 0.25) is 0 Å². The molecule has 47 heavy (non-hydrogen) atoms. The number of thiophene rings is 1. The van der Waals surface area contributed by atoms with E-state index in [0.29, 0.717) is 17.5 Å². The van der Waals surface area contributed by atoms with Crippen molar-refractivity contribution in [2.45, 2.75) is 0 Å². The summed E-state index contributed by atoms with van der Waals surface area (Å²) in [5.41, 5.74) is 6.96. The molecule has 4 aromatic heterocycles. The lowest BCUT2D eigenvalue weighted by atomic mass is 9.98. The molecule has 0 spiro atoms. The van der Waals surface area contributed by atoms with Crippen LogP contribution >= 0.6 is 11.3 Å². The molecule has 0 fully saturated rings. The highest BCUT2D eigenvalue weighted by Crippen LogP contribution is 2.43. The third-order valence-corrected chi connectivity index (χ3v) is 9.64. The Morgan fingerprint density at radius 1 is 0.404 bits per heavy atom. The fourth-order valence-electron chi connectivity index (χ4n) is 6.21. The minimum absolute atomic E-state index is 0.641. The smallest absolute Gasteiger partial charge is 0.164 e. The molecule has 0 aliphatic heterocycles. The average Bonchev–Trinajstić information content (AvgIpc) is 3.55. The summed E-state index contributed by atoms with van der Waals surface area (Å²) in [5, 5.41) is 4.67. The normalized spacial score (nSPS) is 11.4. The van der Waals surface area contributed by atoms with Crippen LogP contribution in [-0.2, 0) is 0 Å². The number of hydrogen-bond acceptors (Lipinski definition) is 6. The molecule has 5 aromatic carbocycles. The third kappa shape index (κ3) is 4.83. The van der Waals surface area contributed by atoms with E-state index in [0.717, 1.165) is 49.1 Å². The van der Waals surface area contributed by atoms with E-state index in [2.05, 4.69) is 72.8 Å². The zero-order chi connectivity index (χ0) is 31.2. The van der Waals surface area contributed by atoms with Gasteiger partial charge in [-0.3, -0.25) is 9.97 Å². The Hall–Kier alpha value is -6.11. The number of fused-ring (bicyclic) bond motifs is 4. The topological polar surface area (TPSA) is 64.5 Å². The minimum Gasteiger partial charge on any atom is -0.254 e.